The van der Waals surface area contributed by atoms with Crippen LogP contribution in [0, 0.1) is 0 Å². The summed E-state index contributed by atoms with van der Waals surface area (Å²) in [5.74, 6) is -0.553. The Kier molecular flexibility index (Phi) is 45.8. The molecule has 3 atom stereocenters. The maximum atomic E-state index is 13.2. The summed E-state index contributed by atoms with van der Waals surface area (Å²) in [6.07, 6.45) is 65.6. The second-order valence-corrected chi connectivity index (χ2v) is 16.7. The number of esters is 1. The van der Waals surface area contributed by atoms with Gasteiger partial charge in [-0.2, -0.15) is 0 Å². The van der Waals surface area contributed by atoms with Crippen molar-refractivity contribution in [2.24, 2.45) is 0 Å². The van der Waals surface area contributed by atoms with Gasteiger partial charge in [-0.15, -0.1) is 0 Å². The van der Waals surface area contributed by atoms with Crippen LogP contribution >= 0.6 is 0 Å². The summed E-state index contributed by atoms with van der Waals surface area (Å²) in [6, 6.07) is -0.727. The van der Waals surface area contributed by atoms with Crippen LogP contribution in [0.15, 0.2) is 109 Å². The van der Waals surface area contributed by atoms with E-state index in [1.54, 1.807) is 0 Å². The van der Waals surface area contributed by atoms with Crippen LogP contribution in [0.1, 0.15) is 207 Å². The van der Waals surface area contributed by atoms with Gasteiger partial charge >= 0.3 is 5.97 Å². The number of ether oxygens (including phenoxy) is 1. The fraction of sp³-hybridized carbons (Fsp3) is 0.643. The molecule has 0 saturated heterocycles. The van der Waals surface area contributed by atoms with Crippen LogP contribution in [-0.2, 0) is 14.3 Å². The predicted octanol–water partition coefficient (Wildman–Crippen LogP) is 15.1. The van der Waals surface area contributed by atoms with Crippen LogP contribution in [0.25, 0.3) is 0 Å². The lowest BCUT2D eigenvalue weighted by atomic mass is 10.0. The molecule has 1 amide bonds. The molecular formula is C56H93NO5. The van der Waals surface area contributed by atoms with E-state index in [4.69, 9.17) is 4.74 Å². The van der Waals surface area contributed by atoms with E-state index in [2.05, 4.69) is 80.8 Å². The molecule has 0 heterocycles. The first-order valence-corrected chi connectivity index (χ1v) is 25.2. The minimum absolute atomic E-state index is 0.0337. The summed E-state index contributed by atoms with van der Waals surface area (Å²) >= 11 is 0. The molecule has 6 heteroatoms. The Morgan fingerprint density at radius 1 is 0.484 bits per heavy atom. The van der Waals surface area contributed by atoms with E-state index in [1.165, 1.54) is 64.2 Å². The second kappa shape index (κ2) is 48.6. The Balaban J connectivity index is 4.71. The third-order valence-electron chi connectivity index (χ3n) is 10.8. The highest BCUT2D eigenvalue weighted by Gasteiger charge is 2.24. The van der Waals surface area contributed by atoms with Gasteiger partial charge in [-0.05, 0) is 64.2 Å². The molecule has 3 unspecified atom stereocenters. The number of hydrogen-bond acceptors (Lipinski definition) is 5. The van der Waals surface area contributed by atoms with Crippen molar-refractivity contribution < 1.29 is 24.5 Å². The molecule has 0 aliphatic heterocycles. The van der Waals surface area contributed by atoms with Gasteiger partial charge in [-0.1, -0.05) is 239 Å². The van der Waals surface area contributed by atoms with Crippen molar-refractivity contribution in [3.63, 3.8) is 0 Å². The predicted molar refractivity (Wildman–Crippen MR) is 268 cm³/mol. The maximum absolute atomic E-state index is 13.2. The van der Waals surface area contributed by atoms with Crippen LogP contribution in [0.3, 0.4) is 0 Å². The average molecular weight is 860 g/mol. The number of aliphatic hydroxyl groups excluding tert-OH is 2. The Labute approximate surface area is 381 Å². The molecule has 0 saturated carbocycles. The topological polar surface area (TPSA) is 95.9 Å². The van der Waals surface area contributed by atoms with E-state index in [-0.39, 0.29) is 24.9 Å². The van der Waals surface area contributed by atoms with Crippen molar-refractivity contribution in [2.45, 2.75) is 225 Å². The zero-order valence-electron chi connectivity index (χ0n) is 40.0. The largest absolute Gasteiger partial charge is 0.462 e. The van der Waals surface area contributed by atoms with Crippen LogP contribution in [0.4, 0.5) is 0 Å². The summed E-state index contributed by atoms with van der Waals surface area (Å²) in [5, 5.41) is 23.7. The Bertz CT molecular complexity index is 1280. The molecular weight excluding hydrogens is 767 g/mol. The summed E-state index contributed by atoms with van der Waals surface area (Å²) in [7, 11) is 0. The molecule has 0 aromatic rings. The van der Waals surface area contributed by atoms with E-state index >= 15 is 0 Å². The zero-order chi connectivity index (χ0) is 45.2. The molecule has 0 fully saturated rings. The Hall–Kier alpha value is -3.48. The minimum Gasteiger partial charge on any atom is -0.462 e. The lowest BCUT2D eigenvalue weighted by Gasteiger charge is -2.24. The quantitative estimate of drug-likeness (QED) is 0.0322. The number of carbonyl (C=O) groups is 2. The molecule has 0 aromatic heterocycles. The highest BCUT2D eigenvalue weighted by molar-refractivity contribution is 5.77. The van der Waals surface area contributed by atoms with Gasteiger partial charge < -0.3 is 20.3 Å². The van der Waals surface area contributed by atoms with E-state index in [0.29, 0.717) is 19.3 Å². The summed E-state index contributed by atoms with van der Waals surface area (Å²) in [6.45, 7) is 6.22. The van der Waals surface area contributed by atoms with Gasteiger partial charge in [0.25, 0.3) is 0 Å². The number of hydrogen-bond donors (Lipinski definition) is 3. The van der Waals surface area contributed by atoms with Gasteiger partial charge in [0.2, 0.25) is 5.91 Å². The van der Waals surface area contributed by atoms with Crippen molar-refractivity contribution in [3.8, 4) is 0 Å². The summed E-state index contributed by atoms with van der Waals surface area (Å²) in [4.78, 5) is 26.1. The fourth-order valence-corrected chi connectivity index (χ4v) is 7.00. The number of aliphatic hydroxyl groups is 2. The van der Waals surface area contributed by atoms with E-state index in [9.17, 15) is 19.8 Å². The normalized spacial score (nSPS) is 14.2. The fourth-order valence-electron chi connectivity index (χ4n) is 7.00. The number of allylic oxidation sites excluding steroid dienone is 18. The molecule has 0 rings (SSSR count). The van der Waals surface area contributed by atoms with Gasteiger partial charge in [0.15, 0.2) is 0 Å². The number of rotatable bonds is 43. The molecule has 62 heavy (non-hydrogen) atoms. The molecule has 0 aliphatic rings. The molecule has 352 valence electrons. The maximum Gasteiger partial charge on any atom is 0.306 e. The average Bonchev–Trinajstić information content (AvgIpc) is 3.26. The number of amides is 1. The van der Waals surface area contributed by atoms with E-state index in [0.717, 1.165) is 96.3 Å². The van der Waals surface area contributed by atoms with E-state index < -0.39 is 18.2 Å². The van der Waals surface area contributed by atoms with Gasteiger partial charge in [0, 0.05) is 6.42 Å². The number of carbonyl (C=O) groups excluding carboxylic acids is 2. The first-order valence-electron chi connectivity index (χ1n) is 25.2. The van der Waals surface area contributed by atoms with Crippen molar-refractivity contribution >= 4 is 11.9 Å². The van der Waals surface area contributed by atoms with Crippen LogP contribution in [0.5, 0.6) is 0 Å². The highest BCUT2D eigenvalue weighted by atomic mass is 16.5. The Morgan fingerprint density at radius 3 is 1.40 bits per heavy atom. The molecule has 3 N–H and O–H groups in total. The van der Waals surface area contributed by atoms with Gasteiger partial charge in [-0.25, -0.2) is 0 Å². The van der Waals surface area contributed by atoms with Crippen molar-refractivity contribution in [2.75, 3.05) is 6.61 Å². The molecule has 0 aliphatic carbocycles. The molecule has 0 aromatic carbocycles. The van der Waals surface area contributed by atoms with Crippen LogP contribution < -0.4 is 5.32 Å². The van der Waals surface area contributed by atoms with Crippen molar-refractivity contribution in [3.05, 3.63) is 109 Å². The SMILES string of the molecule is CC/C=C/C=C/C=C/C=C\CCCCCC(CC(=O)NC(CO)C(O)CCCCCCCCCCCCCC)OC(=O)CCCCCCC/C=C/C=C/C=C/C=C/C=C/CCC. The lowest BCUT2D eigenvalue weighted by molar-refractivity contribution is -0.151. The first-order chi connectivity index (χ1) is 30.5. The standard InChI is InChI=1S/C56H93NO5/c1-4-7-10-13-16-19-22-25-26-27-28-29-31-34-37-40-43-46-49-56(61)62-52(47-44-41-38-35-32-30-23-20-17-14-11-8-5-2)50-55(60)57-53(51-58)54(59)48-45-42-39-36-33-24-21-18-15-12-9-6-3/h8,10-11,13-14,16-17,19-20,22-23,25-30,32,52-54,58-59H,4-7,9,12,15,18,21,24,31,33-51H2,1-3H3,(H,57,60)/b11-8+,13-10+,17-14+,19-16+,23-20+,25-22+,27-26+,29-28+,32-30-. The third kappa shape index (κ3) is 43.2. The van der Waals surface area contributed by atoms with Crippen molar-refractivity contribution in [1.29, 1.82) is 0 Å². The summed E-state index contributed by atoms with van der Waals surface area (Å²) in [5.41, 5.74) is 0. The monoisotopic (exact) mass is 860 g/mol. The zero-order valence-corrected chi connectivity index (χ0v) is 40.0. The third-order valence-corrected chi connectivity index (χ3v) is 10.8. The number of nitrogens with one attached hydrogen (secondary N) is 1. The van der Waals surface area contributed by atoms with Gasteiger partial charge in [0.1, 0.15) is 6.10 Å². The van der Waals surface area contributed by atoms with Crippen LogP contribution in [0.2, 0.25) is 0 Å². The molecule has 6 nitrogen and oxygen atoms in total. The Morgan fingerprint density at radius 2 is 0.903 bits per heavy atom. The van der Waals surface area contributed by atoms with Gasteiger partial charge in [-0.3, -0.25) is 9.59 Å². The highest BCUT2D eigenvalue weighted by Crippen LogP contribution is 2.17. The molecule has 0 spiro atoms. The molecule has 0 bridgehead atoms. The van der Waals surface area contributed by atoms with Crippen LogP contribution in [-0.4, -0.2) is 46.9 Å². The summed E-state index contributed by atoms with van der Waals surface area (Å²) < 4.78 is 5.90. The molecule has 0 radical (unpaired) electrons. The lowest BCUT2D eigenvalue weighted by Crippen LogP contribution is -2.46. The van der Waals surface area contributed by atoms with E-state index in [1.807, 2.05) is 54.7 Å². The first kappa shape index (κ1) is 58.5. The van der Waals surface area contributed by atoms with Crippen molar-refractivity contribution in [1.82, 2.24) is 5.32 Å². The minimum atomic E-state index is -0.809. The smallest absolute Gasteiger partial charge is 0.306 e. The van der Waals surface area contributed by atoms with Gasteiger partial charge in [0.05, 0.1) is 25.2 Å². The second-order valence-electron chi connectivity index (χ2n) is 16.7. The number of unbranched alkanes of at least 4 members (excludes halogenated alkanes) is 20.